The largest absolute Gasteiger partial charge is 0.325 e. The van der Waals surface area contributed by atoms with E-state index in [0.717, 1.165) is 11.1 Å². The topological polar surface area (TPSA) is 75.3 Å². The number of carbonyl (C=O) groups is 1. The van der Waals surface area contributed by atoms with Gasteiger partial charge in [0.05, 0.1) is 16.9 Å². The van der Waals surface area contributed by atoms with Crippen molar-refractivity contribution >= 4 is 21.6 Å². The first-order valence-corrected chi connectivity index (χ1v) is 11.0. The predicted octanol–water partition coefficient (Wildman–Crippen LogP) is 4.00. The highest BCUT2D eigenvalue weighted by molar-refractivity contribution is 7.89. The second-order valence-electron chi connectivity index (χ2n) is 7.23. The Hall–Kier alpha value is -2.96. The van der Waals surface area contributed by atoms with Crippen molar-refractivity contribution in [3.8, 4) is 0 Å². The number of fused-ring (bicyclic) bond motifs is 1. The molecule has 0 fully saturated rings. The molecule has 3 aromatic rings. The number of rotatable bonds is 6. The van der Waals surface area contributed by atoms with Crippen LogP contribution in [0.4, 0.5) is 5.69 Å². The van der Waals surface area contributed by atoms with E-state index in [9.17, 15) is 13.2 Å². The Balaban J connectivity index is 1.66. The van der Waals surface area contributed by atoms with Gasteiger partial charge >= 0.3 is 0 Å². The van der Waals surface area contributed by atoms with Crippen LogP contribution in [0, 0.1) is 0 Å². The van der Waals surface area contributed by atoms with Crippen LogP contribution in [-0.2, 0) is 21.2 Å². The summed E-state index contributed by atoms with van der Waals surface area (Å²) in [7, 11) is -3.78. The molecular formula is C23H22N2O3S. The lowest BCUT2D eigenvalue weighted by atomic mass is 10.00. The van der Waals surface area contributed by atoms with Gasteiger partial charge in [0.2, 0.25) is 15.9 Å². The van der Waals surface area contributed by atoms with Crippen LogP contribution in [0.3, 0.4) is 0 Å². The Morgan fingerprint density at radius 2 is 1.62 bits per heavy atom. The van der Waals surface area contributed by atoms with E-state index in [4.69, 9.17) is 0 Å². The molecule has 6 heteroatoms. The molecule has 5 nitrogen and oxygen atoms in total. The molecule has 1 amide bonds. The molecular weight excluding hydrogens is 384 g/mol. The molecule has 2 N–H and O–H groups in total. The highest BCUT2D eigenvalue weighted by Gasteiger charge is 2.29. The standard InChI is InChI=1S/C23H22N2O3S/c1-16-20-15-19(12-13-21(20)24-23(16)26)29(27,28)25-22(18-10-6-3-7-11-18)14-17-8-4-2-5-9-17/h2-13,15-16,22,25H,14H2,1H3,(H,24,26)/t16-,22-/m1/s1. The summed E-state index contributed by atoms with van der Waals surface area (Å²) in [6.07, 6.45) is 0.533. The van der Waals surface area contributed by atoms with Crippen molar-refractivity contribution in [2.75, 3.05) is 5.32 Å². The van der Waals surface area contributed by atoms with Crippen molar-refractivity contribution in [3.05, 3.63) is 95.6 Å². The van der Waals surface area contributed by atoms with Crippen LogP contribution in [-0.4, -0.2) is 14.3 Å². The molecule has 0 radical (unpaired) electrons. The summed E-state index contributed by atoms with van der Waals surface area (Å²) < 4.78 is 29.2. The van der Waals surface area contributed by atoms with E-state index in [1.807, 2.05) is 60.7 Å². The highest BCUT2D eigenvalue weighted by atomic mass is 32.2. The molecule has 29 heavy (non-hydrogen) atoms. The molecule has 3 aromatic carbocycles. The summed E-state index contributed by atoms with van der Waals surface area (Å²) in [5.74, 6) is -0.483. The van der Waals surface area contributed by atoms with Crippen LogP contribution in [0.5, 0.6) is 0 Å². The van der Waals surface area contributed by atoms with Gasteiger partial charge in [-0.15, -0.1) is 0 Å². The molecule has 1 heterocycles. The maximum absolute atomic E-state index is 13.2. The van der Waals surface area contributed by atoms with E-state index >= 15 is 0 Å². The van der Waals surface area contributed by atoms with Gasteiger partial charge in [-0.1, -0.05) is 60.7 Å². The van der Waals surface area contributed by atoms with Gasteiger partial charge in [0.25, 0.3) is 0 Å². The summed E-state index contributed by atoms with van der Waals surface area (Å²) in [6.45, 7) is 1.77. The van der Waals surface area contributed by atoms with Gasteiger partial charge in [-0.2, -0.15) is 0 Å². The van der Waals surface area contributed by atoms with Crippen molar-refractivity contribution in [2.24, 2.45) is 0 Å². The predicted molar refractivity (Wildman–Crippen MR) is 113 cm³/mol. The lowest BCUT2D eigenvalue weighted by Crippen LogP contribution is -2.30. The Kier molecular flexibility index (Phi) is 5.22. The molecule has 4 rings (SSSR count). The molecule has 1 aliphatic rings. The Morgan fingerprint density at radius 1 is 0.966 bits per heavy atom. The van der Waals surface area contributed by atoms with E-state index in [1.165, 1.54) is 6.07 Å². The molecule has 0 aromatic heterocycles. The summed E-state index contributed by atoms with van der Waals surface area (Å²) in [5, 5.41) is 2.77. The third-order valence-corrected chi connectivity index (χ3v) is 6.70. The minimum absolute atomic E-state index is 0.117. The third-order valence-electron chi connectivity index (χ3n) is 5.23. The summed E-state index contributed by atoms with van der Waals surface area (Å²) in [6, 6.07) is 23.7. The Bertz CT molecular complexity index is 1130. The number of carbonyl (C=O) groups excluding carboxylic acids is 1. The van der Waals surface area contributed by atoms with Gasteiger partial charge < -0.3 is 5.32 Å². The number of anilines is 1. The fourth-order valence-corrected chi connectivity index (χ4v) is 4.84. The average Bonchev–Trinajstić information content (AvgIpc) is 3.02. The van der Waals surface area contributed by atoms with Gasteiger partial charge in [-0.05, 0) is 48.2 Å². The molecule has 2 atom stereocenters. The van der Waals surface area contributed by atoms with E-state index < -0.39 is 16.1 Å². The van der Waals surface area contributed by atoms with Crippen LogP contribution in [0.15, 0.2) is 83.8 Å². The van der Waals surface area contributed by atoms with Crippen LogP contribution >= 0.6 is 0 Å². The second-order valence-corrected chi connectivity index (χ2v) is 8.95. The fraction of sp³-hybridized carbons (Fsp3) is 0.174. The summed E-state index contributed by atoms with van der Waals surface area (Å²) >= 11 is 0. The van der Waals surface area contributed by atoms with Crippen LogP contribution in [0.1, 0.15) is 35.6 Å². The quantitative estimate of drug-likeness (QED) is 0.650. The number of sulfonamides is 1. The minimum atomic E-state index is -3.78. The first kappa shape index (κ1) is 19.4. The van der Waals surface area contributed by atoms with Crippen molar-refractivity contribution < 1.29 is 13.2 Å². The van der Waals surface area contributed by atoms with Crippen molar-refractivity contribution in [1.29, 1.82) is 0 Å². The Labute approximate surface area is 170 Å². The van der Waals surface area contributed by atoms with E-state index in [0.29, 0.717) is 17.7 Å². The molecule has 148 valence electrons. The highest BCUT2D eigenvalue weighted by Crippen LogP contribution is 2.34. The first-order valence-electron chi connectivity index (χ1n) is 9.50. The van der Waals surface area contributed by atoms with E-state index in [2.05, 4.69) is 10.0 Å². The summed E-state index contributed by atoms with van der Waals surface area (Å²) in [4.78, 5) is 12.0. The van der Waals surface area contributed by atoms with Gasteiger partial charge in [0, 0.05) is 5.69 Å². The average molecular weight is 407 g/mol. The van der Waals surface area contributed by atoms with Gasteiger partial charge in [-0.3, -0.25) is 4.79 Å². The van der Waals surface area contributed by atoms with Crippen molar-refractivity contribution in [3.63, 3.8) is 0 Å². The lowest BCUT2D eigenvalue weighted by molar-refractivity contribution is -0.116. The summed E-state index contributed by atoms with van der Waals surface area (Å²) in [5.41, 5.74) is 3.32. The third kappa shape index (κ3) is 4.09. The molecule has 0 bridgehead atoms. The molecule has 0 spiro atoms. The SMILES string of the molecule is C[C@H]1C(=O)Nc2ccc(S(=O)(=O)N[C@H](Cc3ccccc3)c3ccccc3)cc21. The normalized spacial score (nSPS) is 16.9. The lowest BCUT2D eigenvalue weighted by Gasteiger charge is -2.20. The molecule has 1 aliphatic heterocycles. The van der Waals surface area contributed by atoms with Crippen molar-refractivity contribution in [2.45, 2.75) is 30.2 Å². The number of benzene rings is 3. The monoisotopic (exact) mass is 406 g/mol. The zero-order chi connectivity index (χ0) is 20.4. The zero-order valence-corrected chi connectivity index (χ0v) is 16.8. The Morgan fingerprint density at radius 3 is 2.31 bits per heavy atom. The van der Waals surface area contributed by atoms with Gasteiger partial charge in [0.1, 0.15) is 0 Å². The van der Waals surface area contributed by atoms with E-state index in [-0.39, 0.29) is 16.7 Å². The smallest absolute Gasteiger partial charge is 0.241 e. The number of amides is 1. The fourth-order valence-electron chi connectivity index (χ4n) is 3.58. The first-order chi connectivity index (χ1) is 13.9. The van der Waals surface area contributed by atoms with Crippen LogP contribution in [0.25, 0.3) is 0 Å². The number of hydrogen-bond donors (Lipinski definition) is 2. The van der Waals surface area contributed by atoms with Crippen LogP contribution < -0.4 is 10.0 Å². The van der Waals surface area contributed by atoms with Gasteiger partial charge in [-0.25, -0.2) is 13.1 Å². The van der Waals surface area contributed by atoms with Crippen molar-refractivity contribution in [1.82, 2.24) is 4.72 Å². The van der Waals surface area contributed by atoms with Crippen LogP contribution in [0.2, 0.25) is 0 Å². The molecule has 0 aliphatic carbocycles. The zero-order valence-electron chi connectivity index (χ0n) is 16.0. The molecule has 0 unspecified atom stereocenters. The molecule has 0 saturated carbocycles. The maximum atomic E-state index is 13.2. The molecule has 0 saturated heterocycles. The second kappa shape index (κ2) is 7.81. The number of hydrogen-bond acceptors (Lipinski definition) is 3. The maximum Gasteiger partial charge on any atom is 0.241 e. The minimum Gasteiger partial charge on any atom is -0.325 e. The number of nitrogens with one attached hydrogen (secondary N) is 2. The van der Waals surface area contributed by atoms with Gasteiger partial charge in [0.15, 0.2) is 0 Å². The van der Waals surface area contributed by atoms with E-state index in [1.54, 1.807) is 19.1 Å².